The number of hydrogen-bond donors (Lipinski definition) is 0. The quantitative estimate of drug-likeness (QED) is 0.0254. The SMILES string of the molecule is CCCCCCCCC(OCCCC)C(CCCCCCCC(=O)OC)OC(=O)C(=O)OC(CCCCCCCC)C(CCCCCCCC(=O)OC)OCCCC. The first-order valence-electron chi connectivity index (χ1n) is 24.1. The number of methoxy groups -OCH3 is 2. The molecular weight excluding hydrogens is 737 g/mol. The van der Waals surface area contributed by atoms with Crippen molar-refractivity contribution in [2.75, 3.05) is 27.4 Å². The predicted octanol–water partition coefficient (Wildman–Crippen LogP) is 12.5. The van der Waals surface area contributed by atoms with Crippen LogP contribution in [0.4, 0.5) is 0 Å². The molecule has 0 saturated heterocycles. The van der Waals surface area contributed by atoms with E-state index in [2.05, 4.69) is 27.7 Å². The van der Waals surface area contributed by atoms with Crippen molar-refractivity contribution >= 4 is 23.9 Å². The molecule has 0 fully saturated rings. The lowest BCUT2D eigenvalue weighted by Crippen LogP contribution is -2.40. The summed E-state index contributed by atoms with van der Waals surface area (Å²) >= 11 is 0. The van der Waals surface area contributed by atoms with Gasteiger partial charge in [0.05, 0.1) is 26.4 Å². The fourth-order valence-electron chi connectivity index (χ4n) is 7.27. The van der Waals surface area contributed by atoms with Crippen LogP contribution in [-0.2, 0) is 47.6 Å². The van der Waals surface area contributed by atoms with Crippen molar-refractivity contribution in [1.82, 2.24) is 0 Å². The Morgan fingerprint density at radius 2 is 0.621 bits per heavy atom. The zero-order valence-corrected chi connectivity index (χ0v) is 38.4. The van der Waals surface area contributed by atoms with Crippen LogP contribution < -0.4 is 0 Å². The number of unbranched alkanes of at least 4 members (excludes halogenated alkanes) is 20. The summed E-state index contributed by atoms with van der Waals surface area (Å²) in [6.45, 7) is 9.86. The van der Waals surface area contributed by atoms with Crippen LogP contribution in [-0.4, -0.2) is 75.7 Å². The molecule has 4 atom stereocenters. The molecule has 0 N–H and O–H groups in total. The lowest BCUT2D eigenvalue weighted by Gasteiger charge is -2.29. The number of esters is 4. The van der Waals surface area contributed by atoms with Gasteiger partial charge in [-0.3, -0.25) is 9.59 Å². The Balaban J connectivity index is 5.91. The van der Waals surface area contributed by atoms with E-state index in [4.69, 9.17) is 28.4 Å². The number of ether oxygens (including phenoxy) is 6. The molecular formula is C48H90O10. The minimum absolute atomic E-state index is 0.171. The molecule has 0 bridgehead atoms. The van der Waals surface area contributed by atoms with Crippen LogP contribution in [0.1, 0.15) is 233 Å². The second-order valence-corrected chi connectivity index (χ2v) is 16.3. The fourth-order valence-corrected chi connectivity index (χ4v) is 7.27. The Morgan fingerprint density at radius 3 is 0.931 bits per heavy atom. The maximum atomic E-state index is 13.7. The van der Waals surface area contributed by atoms with Gasteiger partial charge in [0.2, 0.25) is 0 Å². The Labute approximate surface area is 355 Å². The molecule has 0 aliphatic rings. The Bertz CT molecular complexity index is 972. The van der Waals surface area contributed by atoms with E-state index in [0.29, 0.717) is 38.9 Å². The molecule has 0 aliphatic carbocycles. The number of rotatable bonds is 42. The van der Waals surface area contributed by atoms with Crippen LogP contribution >= 0.6 is 0 Å². The summed E-state index contributed by atoms with van der Waals surface area (Å²) in [6, 6.07) is 0. The second kappa shape index (κ2) is 41.5. The van der Waals surface area contributed by atoms with Gasteiger partial charge in [-0.15, -0.1) is 0 Å². The van der Waals surface area contributed by atoms with Crippen LogP contribution in [0.25, 0.3) is 0 Å². The van der Waals surface area contributed by atoms with E-state index in [1.807, 2.05) is 0 Å². The maximum Gasteiger partial charge on any atom is 0.417 e. The summed E-state index contributed by atoms with van der Waals surface area (Å²) in [4.78, 5) is 50.5. The van der Waals surface area contributed by atoms with Crippen LogP contribution in [0.2, 0.25) is 0 Å². The van der Waals surface area contributed by atoms with E-state index in [1.165, 1.54) is 59.2 Å². The first-order chi connectivity index (χ1) is 28.3. The fraction of sp³-hybridized carbons (Fsp3) is 0.917. The lowest BCUT2D eigenvalue weighted by atomic mass is 9.98. The topological polar surface area (TPSA) is 124 Å². The average Bonchev–Trinajstić information content (AvgIpc) is 3.22. The standard InChI is InChI=1S/C48H90O10/c1-7-11-15-17-21-27-33-41(55-39-13-9-3)44(36-30-24-20-26-32-38-46(50)54-6)58-48(52)47(51)57-43(35-29-22-18-16-12-8-2)42(56-40-14-10-4)34-28-23-19-25-31-37-45(49)53-5/h41-44H,7-40H2,1-6H3. The summed E-state index contributed by atoms with van der Waals surface area (Å²) < 4.78 is 34.6. The largest absolute Gasteiger partial charge is 0.469 e. The van der Waals surface area contributed by atoms with Gasteiger partial charge in [-0.25, -0.2) is 9.59 Å². The summed E-state index contributed by atoms with van der Waals surface area (Å²) in [5.41, 5.74) is 0. The molecule has 0 saturated carbocycles. The molecule has 10 heteroatoms. The van der Waals surface area contributed by atoms with Gasteiger partial charge >= 0.3 is 23.9 Å². The van der Waals surface area contributed by atoms with E-state index in [0.717, 1.165) is 135 Å². The third-order valence-corrected chi connectivity index (χ3v) is 11.1. The van der Waals surface area contributed by atoms with Crippen molar-refractivity contribution < 1.29 is 47.6 Å². The normalized spacial score (nSPS) is 13.4. The molecule has 0 rings (SSSR count). The highest BCUT2D eigenvalue weighted by molar-refractivity contribution is 6.29. The van der Waals surface area contributed by atoms with E-state index in [9.17, 15) is 19.2 Å². The van der Waals surface area contributed by atoms with Gasteiger partial charge in [-0.1, -0.05) is 156 Å². The van der Waals surface area contributed by atoms with Crippen molar-refractivity contribution in [2.45, 2.75) is 258 Å². The van der Waals surface area contributed by atoms with Gasteiger partial charge < -0.3 is 28.4 Å². The van der Waals surface area contributed by atoms with Gasteiger partial charge in [0.15, 0.2) is 0 Å². The third-order valence-electron chi connectivity index (χ3n) is 11.1. The second-order valence-electron chi connectivity index (χ2n) is 16.3. The summed E-state index contributed by atoms with van der Waals surface area (Å²) in [7, 11) is 2.84. The molecule has 0 spiro atoms. The highest BCUT2D eigenvalue weighted by Gasteiger charge is 2.33. The van der Waals surface area contributed by atoms with Gasteiger partial charge in [-0.2, -0.15) is 0 Å². The van der Waals surface area contributed by atoms with E-state index in [-0.39, 0.29) is 24.1 Å². The molecule has 0 aromatic carbocycles. The first-order valence-corrected chi connectivity index (χ1v) is 24.1. The molecule has 0 aromatic heterocycles. The molecule has 0 amide bonds. The van der Waals surface area contributed by atoms with E-state index < -0.39 is 24.1 Å². The van der Waals surface area contributed by atoms with Crippen LogP contribution in [0.5, 0.6) is 0 Å². The summed E-state index contributed by atoms with van der Waals surface area (Å²) in [5.74, 6) is -2.24. The zero-order valence-electron chi connectivity index (χ0n) is 38.4. The molecule has 0 radical (unpaired) electrons. The summed E-state index contributed by atoms with van der Waals surface area (Å²) in [5, 5.41) is 0. The Hall–Kier alpha value is -2.20. The van der Waals surface area contributed by atoms with Crippen molar-refractivity contribution in [1.29, 1.82) is 0 Å². The molecule has 58 heavy (non-hydrogen) atoms. The molecule has 0 aromatic rings. The number of carbonyl (C=O) groups excluding carboxylic acids is 4. The van der Waals surface area contributed by atoms with E-state index >= 15 is 0 Å². The smallest absolute Gasteiger partial charge is 0.417 e. The Kier molecular flexibility index (Phi) is 40.0. The van der Waals surface area contributed by atoms with Gasteiger partial charge in [0.1, 0.15) is 12.2 Å². The minimum atomic E-state index is -0.944. The van der Waals surface area contributed by atoms with Crippen LogP contribution in [0.15, 0.2) is 0 Å². The third kappa shape index (κ3) is 32.6. The van der Waals surface area contributed by atoms with Gasteiger partial charge in [0, 0.05) is 26.1 Å². The molecule has 4 unspecified atom stereocenters. The number of carbonyl (C=O) groups is 4. The molecule has 0 aliphatic heterocycles. The van der Waals surface area contributed by atoms with E-state index in [1.54, 1.807) is 0 Å². The Morgan fingerprint density at radius 1 is 0.345 bits per heavy atom. The van der Waals surface area contributed by atoms with Gasteiger partial charge in [-0.05, 0) is 64.2 Å². The van der Waals surface area contributed by atoms with Crippen molar-refractivity contribution in [2.24, 2.45) is 0 Å². The van der Waals surface area contributed by atoms with Crippen molar-refractivity contribution in [3.8, 4) is 0 Å². The molecule has 10 nitrogen and oxygen atoms in total. The highest BCUT2D eigenvalue weighted by Crippen LogP contribution is 2.24. The monoisotopic (exact) mass is 827 g/mol. The number of hydrogen-bond acceptors (Lipinski definition) is 10. The van der Waals surface area contributed by atoms with Crippen molar-refractivity contribution in [3.05, 3.63) is 0 Å². The first kappa shape index (κ1) is 55.8. The molecule has 0 heterocycles. The van der Waals surface area contributed by atoms with Gasteiger partial charge in [0.25, 0.3) is 0 Å². The summed E-state index contributed by atoms with van der Waals surface area (Å²) in [6.07, 6.45) is 28.4. The predicted molar refractivity (Wildman–Crippen MR) is 234 cm³/mol. The molecule has 342 valence electrons. The lowest BCUT2D eigenvalue weighted by molar-refractivity contribution is -0.184. The zero-order chi connectivity index (χ0) is 42.9. The maximum absolute atomic E-state index is 13.7. The van der Waals surface area contributed by atoms with Crippen molar-refractivity contribution in [3.63, 3.8) is 0 Å². The minimum Gasteiger partial charge on any atom is -0.469 e. The highest BCUT2D eigenvalue weighted by atomic mass is 16.6. The average molecular weight is 827 g/mol. The van der Waals surface area contributed by atoms with Crippen LogP contribution in [0, 0.1) is 0 Å². The van der Waals surface area contributed by atoms with Crippen LogP contribution in [0.3, 0.4) is 0 Å².